The lowest BCUT2D eigenvalue weighted by Gasteiger charge is -2.21. The number of hydrogen-bond acceptors (Lipinski definition) is 3. The van der Waals surface area contributed by atoms with E-state index < -0.39 is 12.0 Å². The summed E-state index contributed by atoms with van der Waals surface area (Å²) in [7, 11) is 1.49. The number of amides is 1. The highest BCUT2D eigenvalue weighted by molar-refractivity contribution is 5.95. The number of aromatic nitrogens is 2. The average molecular weight is 253 g/mol. The maximum atomic E-state index is 12.2. The molecule has 100 valence electrons. The lowest BCUT2D eigenvalue weighted by atomic mass is 10.2. The van der Waals surface area contributed by atoms with E-state index in [4.69, 9.17) is 5.11 Å². The van der Waals surface area contributed by atoms with Crippen LogP contribution in [0.4, 0.5) is 0 Å². The highest BCUT2D eigenvalue weighted by Crippen LogP contribution is 2.10. The van der Waals surface area contributed by atoms with Gasteiger partial charge in [0, 0.05) is 13.6 Å². The molecule has 1 atom stereocenters. The molecule has 0 saturated heterocycles. The van der Waals surface area contributed by atoms with Crippen molar-refractivity contribution >= 4 is 11.9 Å². The zero-order chi connectivity index (χ0) is 13.9. The number of aryl methyl sites for hydroxylation is 2. The minimum atomic E-state index is -1.02. The Morgan fingerprint density at radius 1 is 1.50 bits per heavy atom. The maximum Gasteiger partial charge on any atom is 0.326 e. The topological polar surface area (TPSA) is 75.4 Å². The Labute approximate surface area is 106 Å². The van der Waals surface area contributed by atoms with E-state index in [0.717, 1.165) is 12.1 Å². The maximum absolute atomic E-state index is 12.2. The van der Waals surface area contributed by atoms with Gasteiger partial charge in [0.1, 0.15) is 11.7 Å². The number of hydrogen-bond donors (Lipinski definition) is 1. The monoisotopic (exact) mass is 253 g/mol. The van der Waals surface area contributed by atoms with Gasteiger partial charge < -0.3 is 10.0 Å². The van der Waals surface area contributed by atoms with Crippen LogP contribution in [0.3, 0.4) is 0 Å². The molecule has 0 fully saturated rings. The summed E-state index contributed by atoms with van der Waals surface area (Å²) in [5, 5.41) is 13.2. The van der Waals surface area contributed by atoms with Gasteiger partial charge in [0.25, 0.3) is 5.91 Å². The summed E-state index contributed by atoms with van der Waals surface area (Å²) in [5.41, 5.74) is 1.27. The number of carbonyl (C=O) groups excluding carboxylic acids is 1. The molecule has 0 saturated carbocycles. The van der Waals surface area contributed by atoms with Crippen molar-refractivity contribution in [2.24, 2.45) is 0 Å². The summed E-state index contributed by atoms with van der Waals surface area (Å²) in [5.74, 6) is -1.34. The number of aliphatic carboxylic acids is 1. The molecule has 1 aromatic rings. The molecule has 1 N–H and O–H groups in total. The van der Waals surface area contributed by atoms with Crippen molar-refractivity contribution in [2.75, 3.05) is 7.05 Å². The first-order chi connectivity index (χ1) is 8.42. The molecule has 0 radical (unpaired) electrons. The molecule has 0 aliphatic carbocycles. The fraction of sp³-hybridized carbons (Fsp3) is 0.583. The predicted octanol–water partition coefficient (Wildman–Crippen LogP) is 1.01. The minimum absolute atomic E-state index is 0.320. The third-order valence-corrected chi connectivity index (χ3v) is 2.97. The van der Waals surface area contributed by atoms with Crippen LogP contribution >= 0.6 is 0 Å². The van der Waals surface area contributed by atoms with Crippen LogP contribution in [-0.2, 0) is 17.8 Å². The molecule has 1 rings (SSSR count). The third kappa shape index (κ3) is 2.69. The summed E-state index contributed by atoms with van der Waals surface area (Å²) in [6.45, 7) is 5.91. The number of rotatable bonds is 5. The van der Waals surface area contributed by atoms with Crippen molar-refractivity contribution in [3.05, 3.63) is 17.5 Å². The van der Waals surface area contributed by atoms with Crippen LogP contribution in [0.1, 0.15) is 37.0 Å². The van der Waals surface area contributed by atoms with E-state index in [1.165, 1.54) is 18.9 Å². The lowest BCUT2D eigenvalue weighted by molar-refractivity contribution is -0.141. The largest absolute Gasteiger partial charge is 0.480 e. The number of carboxylic acid groups (broad SMARTS) is 1. The third-order valence-electron chi connectivity index (χ3n) is 2.97. The van der Waals surface area contributed by atoms with E-state index in [1.54, 1.807) is 10.7 Å². The molecular formula is C12H19N3O3. The van der Waals surface area contributed by atoms with E-state index in [0.29, 0.717) is 12.2 Å². The summed E-state index contributed by atoms with van der Waals surface area (Å²) in [6.07, 6.45) is 0.742. The fourth-order valence-electron chi connectivity index (χ4n) is 1.58. The van der Waals surface area contributed by atoms with E-state index in [2.05, 4.69) is 5.10 Å². The quantitative estimate of drug-likeness (QED) is 0.849. The summed E-state index contributed by atoms with van der Waals surface area (Å²) >= 11 is 0. The Kier molecular flexibility index (Phi) is 4.47. The molecule has 6 heteroatoms. The Morgan fingerprint density at radius 2 is 2.11 bits per heavy atom. The van der Waals surface area contributed by atoms with Gasteiger partial charge >= 0.3 is 5.97 Å². The molecule has 0 spiro atoms. The number of likely N-dealkylation sites (N-methyl/N-ethyl adjacent to an activating group) is 1. The van der Waals surface area contributed by atoms with Crippen LogP contribution in [0.25, 0.3) is 0 Å². The fourth-order valence-corrected chi connectivity index (χ4v) is 1.58. The van der Waals surface area contributed by atoms with Gasteiger partial charge in [-0.3, -0.25) is 9.48 Å². The number of carboxylic acids is 1. The molecule has 0 aliphatic rings. The molecule has 18 heavy (non-hydrogen) atoms. The number of carbonyl (C=O) groups is 2. The first-order valence-corrected chi connectivity index (χ1v) is 5.99. The smallest absolute Gasteiger partial charge is 0.326 e. The second-order valence-corrected chi connectivity index (χ2v) is 4.12. The van der Waals surface area contributed by atoms with Crippen LogP contribution in [0, 0.1) is 0 Å². The zero-order valence-electron chi connectivity index (χ0n) is 11.2. The summed E-state index contributed by atoms with van der Waals surface area (Å²) < 4.78 is 1.60. The van der Waals surface area contributed by atoms with Gasteiger partial charge in [0.2, 0.25) is 0 Å². The van der Waals surface area contributed by atoms with Crippen molar-refractivity contribution in [1.29, 1.82) is 0 Å². The molecule has 1 unspecified atom stereocenters. The molecule has 0 aromatic carbocycles. The predicted molar refractivity (Wildman–Crippen MR) is 66.5 cm³/mol. The van der Waals surface area contributed by atoms with E-state index in [1.807, 2.05) is 13.8 Å². The molecule has 1 heterocycles. The van der Waals surface area contributed by atoms with Crippen molar-refractivity contribution < 1.29 is 14.7 Å². The van der Waals surface area contributed by atoms with Gasteiger partial charge in [0.05, 0.1) is 5.69 Å². The molecular weight excluding hydrogens is 234 g/mol. The first-order valence-electron chi connectivity index (χ1n) is 5.99. The first kappa shape index (κ1) is 14.2. The van der Waals surface area contributed by atoms with E-state index >= 15 is 0 Å². The van der Waals surface area contributed by atoms with Gasteiger partial charge in [-0.25, -0.2) is 4.79 Å². The zero-order valence-corrected chi connectivity index (χ0v) is 11.2. The van der Waals surface area contributed by atoms with Crippen LogP contribution in [0.15, 0.2) is 6.07 Å². The normalized spacial score (nSPS) is 12.2. The second-order valence-electron chi connectivity index (χ2n) is 4.12. The van der Waals surface area contributed by atoms with Gasteiger partial charge in [-0.15, -0.1) is 0 Å². The standard InChI is InChI=1S/C12H19N3O3/c1-5-9-7-10(15(6-2)13-9)11(16)14(4)8(3)12(17)18/h7-8H,5-6H2,1-4H3,(H,17,18). The highest BCUT2D eigenvalue weighted by Gasteiger charge is 2.25. The summed E-state index contributed by atoms with van der Waals surface area (Å²) in [6, 6.07) is 0.861. The Bertz CT molecular complexity index is 453. The SMILES string of the molecule is CCc1cc(C(=O)N(C)C(C)C(=O)O)n(CC)n1. The molecule has 6 nitrogen and oxygen atoms in total. The van der Waals surface area contributed by atoms with E-state index in [-0.39, 0.29) is 5.91 Å². The highest BCUT2D eigenvalue weighted by atomic mass is 16.4. The minimum Gasteiger partial charge on any atom is -0.480 e. The van der Waals surface area contributed by atoms with Gasteiger partial charge in [-0.05, 0) is 26.3 Å². The Hall–Kier alpha value is -1.85. The van der Waals surface area contributed by atoms with Crippen LogP contribution in [0.5, 0.6) is 0 Å². The molecule has 1 amide bonds. The lowest BCUT2D eigenvalue weighted by Crippen LogP contribution is -2.41. The van der Waals surface area contributed by atoms with Crippen LogP contribution in [0.2, 0.25) is 0 Å². The average Bonchev–Trinajstić information content (AvgIpc) is 2.79. The van der Waals surface area contributed by atoms with Crippen molar-refractivity contribution in [3.8, 4) is 0 Å². The second kappa shape index (κ2) is 5.66. The molecule has 0 aliphatic heterocycles. The van der Waals surface area contributed by atoms with Crippen molar-refractivity contribution in [3.63, 3.8) is 0 Å². The van der Waals surface area contributed by atoms with Gasteiger partial charge in [-0.2, -0.15) is 5.10 Å². The Balaban J connectivity index is 3.02. The number of nitrogens with zero attached hydrogens (tertiary/aromatic N) is 3. The molecule has 1 aromatic heterocycles. The van der Waals surface area contributed by atoms with Crippen molar-refractivity contribution in [2.45, 2.75) is 39.8 Å². The van der Waals surface area contributed by atoms with Gasteiger partial charge in [0.15, 0.2) is 0 Å². The van der Waals surface area contributed by atoms with E-state index in [9.17, 15) is 9.59 Å². The molecule has 0 bridgehead atoms. The van der Waals surface area contributed by atoms with Crippen LogP contribution < -0.4 is 0 Å². The van der Waals surface area contributed by atoms with Crippen molar-refractivity contribution in [1.82, 2.24) is 14.7 Å². The summed E-state index contributed by atoms with van der Waals surface area (Å²) in [4.78, 5) is 24.3. The Morgan fingerprint density at radius 3 is 2.56 bits per heavy atom. The van der Waals surface area contributed by atoms with Gasteiger partial charge in [-0.1, -0.05) is 6.92 Å². The van der Waals surface area contributed by atoms with Crippen LogP contribution in [-0.4, -0.2) is 44.8 Å².